The van der Waals surface area contributed by atoms with Crippen molar-refractivity contribution in [3.63, 3.8) is 0 Å². The lowest BCUT2D eigenvalue weighted by molar-refractivity contribution is -0.137. The lowest BCUT2D eigenvalue weighted by atomic mass is 10.1. The van der Waals surface area contributed by atoms with Gasteiger partial charge in [-0.25, -0.2) is 0 Å². The fourth-order valence-electron chi connectivity index (χ4n) is 1.31. The van der Waals surface area contributed by atoms with E-state index in [0.717, 1.165) is 0 Å². The smallest absolute Gasteiger partial charge is 0.305 e. The Morgan fingerprint density at radius 1 is 1.32 bits per heavy atom. The molecule has 0 atom stereocenters. The molecule has 0 bridgehead atoms. The highest BCUT2D eigenvalue weighted by atomic mass is 16.5. The maximum absolute atomic E-state index is 11.3. The Labute approximate surface area is 110 Å². The van der Waals surface area contributed by atoms with Crippen molar-refractivity contribution in [1.29, 1.82) is 0 Å². The van der Waals surface area contributed by atoms with Crippen LogP contribution in [0.4, 0.5) is 0 Å². The molecule has 0 radical (unpaired) electrons. The first kappa shape index (κ1) is 14.7. The van der Waals surface area contributed by atoms with Gasteiger partial charge in [-0.3, -0.25) is 14.4 Å². The molecule has 102 valence electrons. The Kier molecular flexibility index (Phi) is 5.53. The number of benzene rings is 1. The Bertz CT molecular complexity index is 484. The Morgan fingerprint density at radius 2 is 2.05 bits per heavy atom. The number of aliphatic carboxylic acids is 1. The van der Waals surface area contributed by atoms with Gasteiger partial charge in [-0.05, 0) is 19.1 Å². The second kappa shape index (κ2) is 7.15. The predicted molar refractivity (Wildman–Crippen MR) is 67.2 cm³/mol. The van der Waals surface area contributed by atoms with Crippen LogP contribution in [0.5, 0.6) is 5.75 Å². The van der Waals surface area contributed by atoms with E-state index >= 15 is 0 Å². The standard InChI is InChI=1S/C13H15NO5/c1-9(15)10-3-2-4-11(7-10)19-8-12(16)14-6-5-13(17)18/h2-4,7H,5-6,8H2,1H3,(H,14,16)(H,17,18). The SMILES string of the molecule is CC(=O)c1cccc(OCC(=O)NCCC(=O)O)c1. The van der Waals surface area contributed by atoms with Crippen molar-refractivity contribution in [2.75, 3.05) is 13.2 Å². The number of nitrogens with one attached hydrogen (secondary N) is 1. The van der Waals surface area contributed by atoms with Crippen molar-refractivity contribution in [3.05, 3.63) is 29.8 Å². The molecule has 0 saturated heterocycles. The van der Waals surface area contributed by atoms with Gasteiger partial charge in [0.15, 0.2) is 12.4 Å². The number of carbonyl (C=O) groups is 3. The summed E-state index contributed by atoms with van der Waals surface area (Å²) in [6, 6.07) is 6.50. The summed E-state index contributed by atoms with van der Waals surface area (Å²) < 4.78 is 5.20. The maximum atomic E-state index is 11.3. The first-order valence-corrected chi connectivity index (χ1v) is 5.71. The van der Waals surface area contributed by atoms with Crippen LogP contribution in [0, 0.1) is 0 Å². The van der Waals surface area contributed by atoms with Gasteiger partial charge in [-0.15, -0.1) is 0 Å². The van der Waals surface area contributed by atoms with Crippen LogP contribution in [0.25, 0.3) is 0 Å². The molecule has 0 aliphatic carbocycles. The van der Waals surface area contributed by atoms with E-state index < -0.39 is 11.9 Å². The van der Waals surface area contributed by atoms with E-state index in [-0.39, 0.29) is 25.4 Å². The number of carboxylic acids is 1. The third kappa shape index (κ3) is 5.67. The Morgan fingerprint density at radius 3 is 2.68 bits per heavy atom. The van der Waals surface area contributed by atoms with Gasteiger partial charge in [-0.2, -0.15) is 0 Å². The number of carbonyl (C=O) groups excluding carboxylic acids is 2. The number of rotatable bonds is 7. The van der Waals surface area contributed by atoms with Gasteiger partial charge in [0.1, 0.15) is 5.75 Å². The molecule has 0 aliphatic rings. The summed E-state index contributed by atoms with van der Waals surface area (Å²) in [6.07, 6.45) is -0.133. The monoisotopic (exact) mass is 265 g/mol. The van der Waals surface area contributed by atoms with Crippen molar-refractivity contribution in [2.45, 2.75) is 13.3 Å². The van der Waals surface area contributed by atoms with Gasteiger partial charge in [0, 0.05) is 12.1 Å². The number of ether oxygens (including phenoxy) is 1. The number of hydrogen-bond donors (Lipinski definition) is 2. The van der Waals surface area contributed by atoms with Gasteiger partial charge < -0.3 is 15.2 Å². The van der Waals surface area contributed by atoms with Crippen molar-refractivity contribution in [3.8, 4) is 5.75 Å². The molecular weight excluding hydrogens is 250 g/mol. The van der Waals surface area contributed by atoms with Gasteiger partial charge in [0.25, 0.3) is 5.91 Å². The molecule has 1 amide bonds. The second-order valence-corrected chi connectivity index (χ2v) is 3.87. The summed E-state index contributed by atoms with van der Waals surface area (Å²) in [7, 11) is 0. The summed E-state index contributed by atoms with van der Waals surface area (Å²) in [4.78, 5) is 32.7. The molecular formula is C13H15NO5. The van der Waals surface area contributed by atoms with Crippen LogP contribution in [-0.2, 0) is 9.59 Å². The van der Waals surface area contributed by atoms with Gasteiger partial charge in [0.05, 0.1) is 6.42 Å². The third-order valence-corrected chi connectivity index (χ3v) is 2.27. The minimum Gasteiger partial charge on any atom is -0.484 e. The highest BCUT2D eigenvalue weighted by molar-refractivity contribution is 5.94. The summed E-state index contributed by atoms with van der Waals surface area (Å²) in [5.74, 6) is -1.05. The van der Waals surface area contributed by atoms with Crippen LogP contribution in [0.15, 0.2) is 24.3 Å². The van der Waals surface area contributed by atoms with Gasteiger partial charge in [-0.1, -0.05) is 12.1 Å². The maximum Gasteiger partial charge on any atom is 0.305 e. The molecule has 0 aliphatic heterocycles. The number of Topliss-reactive ketones (excluding diaryl/α,β-unsaturated/α-hetero) is 1. The highest BCUT2D eigenvalue weighted by Gasteiger charge is 2.05. The Hall–Kier alpha value is -2.37. The molecule has 0 aromatic heterocycles. The fraction of sp³-hybridized carbons (Fsp3) is 0.308. The lowest BCUT2D eigenvalue weighted by Gasteiger charge is -2.07. The molecule has 19 heavy (non-hydrogen) atoms. The fourth-order valence-corrected chi connectivity index (χ4v) is 1.31. The first-order valence-electron chi connectivity index (χ1n) is 5.71. The Balaban J connectivity index is 2.39. The molecule has 0 saturated carbocycles. The van der Waals surface area contributed by atoms with Crippen molar-refractivity contribution in [1.82, 2.24) is 5.32 Å². The minimum absolute atomic E-state index is 0.0605. The summed E-state index contributed by atoms with van der Waals surface area (Å²) in [5.41, 5.74) is 0.504. The molecule has 1 aromatic rings. The van der Waals surface area contributed by atoms with Crippen LogP contribution in [-0.4, -0.2) is 35.9 Å². The predicted octanol–water partition coefficient (Wildman–Crippen LogP) is 0.859. The topological polar surface area (TPSA) is 92.7 Å². The number of carboxylic acid groups (broad SMARTS) is 1. The average molecular weight is 265 g/mol. The molecule has 1 aromatic carbocycles. The van der Waals surface area contributed by atoms with E-state index in [4.69, 9.17) is 9.84 Å². The quantitative estimate of drug-likeness (QED) is 0.713. The summed E-state index contributed by atoms with van der Waals surface area (Å²) >= 11 is 0. The van der Waals surface area contributed by atoms with E-state index in [1.807, 2.05) is 0 Å². The van der Waals surface area contributed by atoms with Crippen LogP contribution in [0.3, 0.4) is 0 Å². The van der Waals surface area contributed by atoms with E-state index in [9.17, 15) is 14.4 Å². The molecule has 6 heteroatoms. The van der Waals surface area contributed by atoms with Crippen molar-refractivity contribution in [2.24, 2.45) is 0 Å². The molecule has 1 rings (SSSR count). The molecule has 0 unspecified atom stereocenters. The number of amides is 1. The normalized spacial score (nSPS) is 9.74. The molecule has 0 fully saturated rings. The minimum atomic E-state index is -0.977. The van der Waals surface area contributed by atoms with E-state index in [0.29, 0.717) is 11.3 Å². The van der Waals surface area contributed by atoms with E-state index in [2.05, 4.69) is 5.32 Å². The second-order valence-electron chi connectivity index (χ2n) is 3.87. The van der Waals surface area contributed by atoms with Crippen LogP contribution in [0.1, 0.15) is 23.7 Å². The largest absolute Gasteiger partial charge is 0.484 e. The molecule has 0 spiro atoms. The summed E-state index contributed by atoms with van der Waals surface area (Å²) in [6.45, 7) is 1.28. The highest BCUT2D eigenvalue weighted by Crippen LogP contribution is 2.13. The van der Waals surface area contributed by atoms with E-state index in [1.165, 1.54) is 6.92 Å². The zero-order valence-corrected chi connectivity index (χ0v) is 10.5. The average Bonchev–Trinajstić information content (AvgIpc) is 2.36. The van der Waals surface area contributed by atoms with Crippen LogP contribution in [0.2, 0.25) is 0 Å². The first-order chi connectivity index (χ1) is 8.99. The molecule has 0 heterocycles. The van der Waals surface area contributed by atoms with Gasteiger partial charge >= 0.3 is 5.97 Å². The number of ketones is 1. The number of hydrogen-bond acceptors (Lipinski definition) is 4. The lowest BCUT2D eigenvalue weighted by Crippen LogP contribution is -2.30. The van der Waals surface area contributed by atoms with E-state index in [1.54, 1.807) is 24.3 Å². The summed E-state index contributed by atoms with van der Waals surface area (Å²) in [5, 5.41) is 10.8. The zero-order chi connectivity index (χ0) is 14.3. The van der Waals surface area contributed by atoms with Crippen molar-refractivity contribution < 1.29 is 24.2 Å². The molecule has 6 nitrogen and oxygen atoms in total. The zero-order valence-electron chi connectivity index (χ0n) is 10.5. The van der Waals surface area contributed by atoms with Crippen LogP contribution >= 0.6 is 0 Å². The third-order valence-electron chi connectivity index (χ3n) is 2.27. The van der Waals surface area contributed by atoms with Gasteiger partial charge in [0.2, 0.25) is 0 Å². The molecule has 2 N–H and O–H groups in total. The van der Waals surface area contributed by atoms with Crippen LogP contribution < -0.4 is 10.1 Å². The van der Waals surface area contributed by atoms with Crippen molar-refractivity contribution >= 4 is 17.7 Å².